The molecule has 0 aliphatic heterocycles. The van der Waals surface area contributed by atoms with Crippen molar-refractivity contribution in [2.24, 2.45) is 11.7 Å². The highest BCUT2D eigenvalue weighted by atomic mass is 16.4. The third-order valence-electron chi connectivity index (χ3n) is 2.80. The molecule has 126 valence electrons. The van der Waals surface area contributed by atoms with Crippen LogP contribution in [0.25, 0.3) is 0 Å². The number of rotatable bonds is 9. The molecule has 22 heavy (non-hydrogen) atoms. The fraction of sp³-hybridized carbons (Fsp3) is 0.692. The molecule has 0 aromatic rings. The number of nitrogens with one attached hydrogen (secondary N) is 2. The van der Waals surface area contributed by atoms with Crippen molar-refractivity contribution in [1.82, 2.24) is 10.6 Å². The first kappa shape index (κ1) is 19.8. The number of aliphatic carboxylic acids is 2. The Hall–Kier alpha value is -2.16. The Morgan fingerprint density at radius 3 is 1.95 bits per heavy atom. The second-order valence-electron chi connectivity index (χ2n) is 5.46. The number of carboxylic acid groups (broad SMARTS) is 2. The van der Waals surface area contributed by atoms with Crippen LogP contribution < -0.4 is 16.4 Å². The maximum absolute atomic E-state index is 12.0. The van der Waals surface area contributed by atoms with E-state index in [4.69, 9.17) is 15.9 Å². The lowest BCUT2D eigenvalue weighted by Gasteiger charge is -2.22. The molecule has 6 N–H and O–H groups in total. The first-order valence-corrected chi connectivity index (χ1v) is 6.85. The van der Waals surface area contributed by atoms with Crippen molar-refractivity contribution in [2.45, 2.75) is 51.7 Å². The molecule has 3 atom stereocenters. The van der Waals surface area contributed by atoms with E-state index in [1.807, 2.05) is 13.8 Å². The highest BCUT2D eigenvalue weighted by molar-refractivity contribution is 5.92. The number of carboxylic acids is 2. The van der Waals surface area contributed by atoms with Crippen molar-refractivity contribution >= 4 is 23.8 Å². The van der Waals surface area contributed by atoms with Crippen molar-refractivity contribution in [3.8, 4) is 0 Å². The molecule has 0 heterocycles. The Morgan fingerprint density at radius 1 is 1.00 bits per heavy atom. The maximum atomic E-state index is 12.0. The predicted molar refractivity (Wildman–Crippen MR) is 76.9 cm³/mol. The first-order valence-electron chi connectivity index (χ1n) is 6.85. The Bertz CT molecular complexity index is 437. The van der Waals surface area contributed by atoms with Gasteiger partial charge in [0.15, 0.2) is 0 Å². The van der Waals surface area contributed by atoms with Crippen molar-refractivity contribution in [3.63, 3.8) is 0 Å². The zero-order valence-electron chi connectivity index (χ0n) is 12.8. The van der Waals surface area contributed by atoms with E-state index >= 15 is 0 Å². The predicted octanol–water partition coefficient (Wildman–Crippen LogP) is -1.09. The number of hydrogen-bond donors (Lipinski definition) is 5. The maximum Gasteiger partial charge on any atom is 0.325 e. The van der Waals surface area contributed by atoms with Crippen molar-refractivity contribution in [2.75, 3.05) is 0 Å². The second kappa shape index (κ2) is 8.98. The summed E-state index contributed by atoms with van der Waals surface area (Å²) in [5.41, 5.74) is 5.43. The van der Waals surface area contributed by atoms with Gasteiger partial charge in [-0.3, -0.25) is 19.2 Å². The minimum atomic E-state index is -1.28. The van der Waals surface area contributed by atoms with Crippen LogP contribution in [0.5, 0.6) is 0 Å². The summed E-state index contributed by atoms with van der Waals surface area (Å²) in [5, 5.41) is 22.0. The second-order valence-corrected chi connectivity index (χ2v) is 5.46. The summed E-state index contributed by atoms with van der Waals surface area (Å²) in [7, 11) is 0. The Labute approximate surface area is 128 Å². The lowest BCUT2D eigenvalue weighted by molar-refractivity contribution is -0.142. The molecule has 0 bridgehead atoms. The van der Waals surface area contributed by atoms with Gasteiger partial charge in [0.1, 0.15) is 12.1 Å². The summed E-state index contributed by atoms with van der Waals surface area (Å²) in [6, 6.07) is -3.36. The lowest BCUT2D eigenvalue weighted by atomic mass is 10.0. The largest absolute Gasteiger partial charge is 0.481 e. The summed E-state index contributed by atoms with van der Waals surface area (Å²) in [4.78, 5) is 45.1. The molecular formula is C13H23N3O6. The number of nitrogens with two attached hydrogens (primary N) is 1. The van der Waals surface area contributed by atoms with Gasteiger partial charge in [-0.2, -0.15) is 0 Å². The lowest BCUT2D eigenvalue weighted by Crippen LogP contribution is -2.54. The summed E-state index contributed by atoms with van der Waals surface area (Å²) < 4.78 is 0. The fourth-order valence-electron chi connectivity index (χ4n) is 1.64. The van der Waals surface area contributed by atoms with E-state index in [0.29, 0.717) is 0 Å². The van der Waals surface area contributed by atoms with Gasteiger partial charge in [0.25, 0.3) is 0 Å². The zero-order chi connectivity index (χ0) is 17.4. The van der Waals surface area contributed by atoms with Crippen LogP contribution in [0.15, 0.2) is 0 Å². The van der Waals surface area contributed by atoms with Gasteiger partial charge in [-0.25, -0.2) is 0 Å². The SMILES string of the molecule is CC(C)CC(NC(=O)C(N)CC(=O)O)C(=O)NC(C)C(=O)O. The van der Waals surface area contributed by atoms with Crippen molar-refractivity contribution in [1.29, 1.82) is 0 Å². The molecule has 0 aliphatic carbocycles. The van der Waals surface area contributed by atoms with Gasteiger partial charge in [-0.1, -0.05) is 13.8 Å². The van der Waals surface area contributed by atoms with E-state index in [0.717, 1.165) is 0 Å². The summed E-state index contributed by atoms with van der Waals surface area (Å²) in [6.45, 7) is 4.94. The number of amides is 2. The van der Waals surface area contributed by atoms with E-state index in [9.17, 15) is 19.2 Å². The summed E-state index contributed by atoms with van der Waals surface area (Å²) >= 11 is 0. The van der Waals surface area contributed by atoms with Crippen LogP contribution in [0.4, 0.5) is 0 Å². The van der Waals surface area contributed by atoms with E-state index < -0.39 is 48.3 Å². The van der Waals surface area contributed by atoms with Gasteiger partial charge in [-0.05, 0) is 19.3 Å². The molecule has 2 amide bonds. The minimum absolute atomic E-state index is 0.0480. The standard InChI is InChI=1S/C13H23N3O6/c1-6(2)4-9(12(20)15-7(3)13(21)22)16-11(19)8(14)5-10(17)18/h6-9H,4-5,14H2,1-3H3,(H,15,20)(H,16,19)(H,17,18)(H,21,22). The molecule has 3 unspecified atom stereocenters. The van der Waals surface area contributed by atoms with Crippen molar-refractivity contribution in [3.05, 3.63) is 0 Å². The number of carbonyl (C=O) groups is 4. The molecule has 0 saturated heterocycles. The van der Waals surface area contributed by atoms with Crippen LogP contribution in [0, 0.1) is 5.92 Å². The molecule has 0 aromatic heterocycles. The molecule has 0 aromatic carbocycles. The number of hydrogen-bond acceptors (Lipinski definition) is 5. The Balaban J connectivity index is 4.83. The topological polar surface area (TPSA) is 159 Å². The molecule has 0 fully saturated rings. The van der Waals surface area contributed by atoms with Gasteiger partial charge >= 0.3 is 11.9 Å². The Kier molecular flexibility index (Phi) is 8.10. The molecule has 0 saturated carbocycles. The molecular weight excluding hydrogens is 294 g/mol. The van der Waals surface area contributed by atoms with E-state index in [-0.39, 0.29) is 12.3 Å². The van der Waals surface area contributed by atoms with Crippen molar-refractivity contribution < 1.29 is 29.4 Å². The third-order valence-corrected chi connectivity index (χ3v) is 2.80. The quantitative estimate of drug-likeness (QED) is 0.361. The highest BCUT2D eigenvalue weighted by Gasteiger charge is 2.27. The molecule has 0 spiro atoms. The van der Waals surface area contributed by atoms with E-state index in [2.05, 4.69) is 10.6 Å². The van der Waals surface area contributed by atoms with Gasteiger partial charge in [0.2, 0.25) is 11.8 Å². The minimum Gasteiger partial charge on any atom is -0.481 e. The summed E-state index contributed by atoms with van der Waals surface area (Å²) in [5.74, 6) is -3.81. The van der Waals surface area contributed by atoms with Crippen LogP contribution >= 0.6 is 0 Å². The van der Waals surface area contributed by atoms with Crippen LogP contribution in [-0.2, 0) is 19.2 Å². The third kappa shape index (κ3) is 7.58. The highest BCUT2D eigenvalue weighted by Crippen LogP contribution is 2.06. The van der Waals surface area contributed by atoms with Gasteiger partial charge in [0.05, 0.1) is 12.5 Å². The monoisotopic (exact) mass is 317 g/mol. The van der Waals surface area contributed by atoms with Gasteiger partial charge in [-0.15, -0.1) is 0 Å². The fourth-order valence-corrected chi connectivity index (χ4v) is 1.64. The molecule has 9 heteroatoms. The Morgan fingerprint density at radius 2 is 1.55 bits per heavy atom. The smallest absolute Gasteiger partial charge is 0.325 e. The zero-order valence-corrected chi connectivity index (χ0v) is 12.8. The average molecular weight is 317 g/mol. The van der Waals surface area contributed by atoms with Crippen LogP contribution in [-0.4, -0.2) is 52.1 Å². The van der Waals surface area contributed by atoms with Gasteiger partial charge in [0, 0.05) is 0 Å². The van der Waals surface area contributed by atoms with Crippen LogP contribution in [0.1, 0.15) is 33.6 Å². The molecule has 0 rings (SSSR count). The molecule has 9 nitrogen and oxygen atoms in total. The van der Waals surface area contributed by atoms with Crippen LogP contribution in [0.2, 0.25) is 0 Å². The normalized spacial score (nSPS) is 14.8. The molecule has 0 radical (unpaired) electrons. The first-order chi connectivity index (χ1) is 10.0. The van der Waals surface area contributed by atoms with E-state index in [1.165, 1.54) is 6.92 Å². The van der Waals surface area contributed by atoms with E-state index in [1.54, 1.807) is 0 Å². The molecule has 0 aliphatic rings. The number of carbonyl (C=O) groups excluding carboxylic acids is 2. The summed E-state index contributed by atoms with van der Waals surface area (Å²) in [6.07, 6.45) is -0.295. The average Bonchev–Trinajstić information content (AvgIpc) is 2.35. The van der Waals surface area contributed by atoms with Crippen LogP contribution in [0.3, 0.4) is 0 Å². The van der Waals surface area contributed by atoms with Gasteiger partial charge < -0.3 is 26.6 Å².